The van der Waals surface area contributed by atoms with Crippen molar-refractivity contribution in [2.24, 2.45) is 5.92 Å². The van der Waals surface area contributed by atoms with Crippen molar-refractivity contribution in [3.05, 3.63) is 92.7 Å². The maximum Gasteiger partial charge on any atom is 0.273 e. The molecule has 1 N–H and O–H groups in total. The minimum absolute atomic E-state index is 0.0377. The fourth-order valence-electron chi connectivity index (χ4n) is 4.29. The minimum Gasteiger partial charge on any atom is -0.495 e. The van der Waals surface area contributed by atoms with Crippen LogP contribution in [-0.2, 0) is 26.2 Å². The Bertz CT molecular complexity index is 1650. The Labute approximate surface area is 260 Å². The highest BCUT2D eigenvalue weighted by molar-refractivity contribution is 7.92. The number of hydrogen-bond acceptors (Lipinski definition) is 7. The molecule has 0 saturated heterocycles. The monoisotopic (exact) mass is 648 g/mol. The number of nitrogens with one attached hydrogen (secondary N) is 1. The van der Waals surface area contributed by atoms with E-state index in [0.717, 1.165) is 11.0 Å². The number of carbonyl (C=O) groups excluding carboxylic acids is 2. The predicted molar refractivity (Wildman–Crippen MR) is 165 cm³/mol. The molecule has 0 radical (unpaired) electrons. The molecule has 0 saturated carbocycles. The molecule has 0 spiro atoms. The summed E-state index contributed by atoms with van der Waals surface area (Å²) in [5.41, 5.74) is -0.228. The number of methoxy groups -OCH3 is 1. The van der Waals surface area contributed by atoms with Gasteiger partial charge in [-0.1, -0.05) is 49.7 Å². The lowest BCUT2D eigenvalue weighted by Gasteiger charge is -2.32. The molecule has 236 valence electrons. The van der Waals surface area contributed by atoms with Gasteiger partial charge in [-0.25, -0.2) is 12.8 Å². The third kappa shape index (κ3) is 8.03. The van der Waals surface area contributed by atoms with Crippen LogP contribution in [0.5, 0.6) is 5.75 Å². The van der Waals surface area contributed by atoms with E-state index < -0.39 is 55.7 Å². The summed E-state index contributed by atoms with van der Waals surface area (Å²) in [6.45, 7) is 5.79. The van der Waals surface area contributed by atoms with Gasteiger partial charge in [-0.2, -0.15) is 0 Å². The molecule has 0 bridgehead atoms. The Kier molecular flexibility index (Phi) is 11.3. The highest BCUT2D eigenvalue weighted by Gasteiger charge is 2.35. The molecule has 0 aliphatic rings. The number of nitro groups is 1. The number of aryl methyl sites for hydroxylation is 1. The molecule has 1 unspecified atom stereocenters. The SMILES string of the molecule is COc1ccc(Cl)cc1N(CC(=O)N(Cc1ccccc1F)C(C)C(=O)NCC(C)C)S(=O)(=O)c1ccc(C)c([N+](=O)[O-])c1. The van der Waals surface area contributed by atoms with E-state index in [9.17, 15) is 32.5 Å². The van der Waals surface area contributed by atoms with Crippen LogP contribution >= 0.6 is 11.6 Å². The number of halogens is 2. The van der Waals surface area contributed by atoms with E-state index in [1.807, 2.05) is 13.8 Å². The van der Waals surface area contributed by atoms with Crippen LogP contribution in [0, 0.1) is 28.8 Å². The molecular formula is C30H34ClFN4O7S. The van der Waals surface area contributed by atoms with Crippen LogP contribution < -0.4 is 14.4 Å². The van der Waals surface area contributed by atoms with E-state index in [2.05, 4.69) is 5.32 Å². The number of benzene rings is 3. The van der Waals surface area contributed by atoms with Crippen LogP contribution in [0.15, 0.2) is 65.6 Å². The molecule has 2 amide bonds. The number of sulfonamides is 1. The lowest BCUT2D eigenvalue weighted by molar-refractivity contribution is -0.385. The zero-order chi connectivity index (χ0) is 32.8. The highest BCUT2D eigenvalue weighted by atomic mass is 35.5. The number of ether oxygens (including phenoxy) is 1. The molecule has 3 aromatic carbocycles. The lowest BCUT2D eigenvalue weighted by Crippen LogP contribution is -2.51. The first-order chi connectivity index (χ1) is 20.7. The van der Waals surface area contributed by atoms with E-state index >= 15 is 0 Å². The molecular weight excluding hydrogens is 615 g/mol. The second kappa shape index (κ2) is 14.5. The smallest absolute Gasteiger partial charge is 0.273 e. The first-order valence-corrected chi connectivity index (χ1v) is 15.4. The zero-order valence-electron chi connectivity index (χ0n) is 24.9. The van der Waals surface area contributed by atoms with Gasteiger partial charge in [0.15, 0.2) is 0 Å². The Morgan fingerprint density at radius 3 is 2.39 bits per heavy atom. The van der Waals surface area contributed by atoms with E-state index in [4.69, 9.17) is 16.3 Å². The van der Waals surface area contributed by atoms with E-state index in [-0.39, 0.29) is 40.0 Å². The van der Waals surface area contributed by atoms with Crippen LogP contribution in [0.2, 0.25) is 5.02 Å². The van der Waals surface area contributed by atoms with Gasteiger partial charge in [-0.15, -0.1) is 0 Å². The van der Waals surface area contributed by atoms with Gasteiger partial charge in [-0.05, 0) is 50.1 Å². The summed E-state index contributed by atoms with van der Waals surface area (Å²) >= 11 is 6.22. The first kappa shape index (κ1) is 34.3. The number of nitrogens with zero attached hydrogens (tertiary/aromatic N) is 3. The van der Waals surface area contributed by atoms with Gasteiger partial charge in [0.2, 0.25) is 11.8 Å². The number of nitro benzene ring substituents is 1. The summed E-state index contributed by atoms with van der Waals surface area (Å²) < 4.78 is 49.1. The molecule has 0 aliphatic heterocycles. The Hall–Kier alpha value is -4.23. The summed E-state index contributed by atoms with van der Waals surface area (Å²) in [5, 5.41) is 14.5. The van der Waals surface area contributed by atoms with Crippen LogP contribution in [0.4, 0.5) is 15.8 Å². The van der Waals surface area contributed by atoms with Crippen molar-refractivity contribution < 1.29 is 32.1 Å². The number of rotatable bonds is 13. The van der Waals surface area contributed by atoms with Crippen molar-refractivity contribution in [1.29, 1.82) is 0 Å². The average molecular weight is 649 g/mol. The second-order valence-corrected chi connectivity index (χ2v) is 12.8. The van der Waals surface area contributed by atoms with Crippen molar-refractivity contribution in [3.63, 3.8) is 0 Å². The molecule has 3 rings (SSSR count). The van der Waals surface area contributed by atoms with E-state index in [1.54, 1.807) is 6.07 Å². The third-order valence-electron chi connectivity index (χ3n) is 6.80. The van der Waals surface area contributed by atoms with Gasteiger partial charge in [0.1, 0.15) is 24.2 Å². The predicted octanol–water partition coefficient (Wildman–Crippen LogP) is 5.09. The number of hydrogen-bond donors (Lipinski definition) is 1. The van der Waals surface area contributed by atoms with Crippen molar-refractivity contribution in [2.45, 2.75) is 45.2 Å². The minimum atomic E-state index is -4.69. The summed E-state index contributed by atoms with van der Waals surface area (Å²) in [6.07, 6.45) is 0. The normalized spacial score (nSPS) is 12.0. The van der Waals surface area contributed by atoms with Gasteiger partial charge in [0.25, 0.3) is 15.7 Å². The molecule has 0 aliphatic carbocycles. The third-order valence-corrected chi connectivity index (χ3v) is 8.79. The fourth-order valence-corrected chi connectivity index (χ4v) is 5.89. The van der Waals surface area contributed by atoms with Gasteiger partial charge in [0, 0.05) is 35.3 Å². The van der Waals surface area contributed by atoms with Crippen LogP contribution in [0.1, 0.15) is 31.9 Å². The topological polar surface area (TPSA) is 139 Å². The fraction of sp³-hybridized carbons (Fsp3) is 0.333. The maximum atomic E-state index is 14.7. The Morgan fingerprint density at radius 1 is 1.09 bits per heavy atom. The second-order valence-electron chi connectivity index (χ2n) is 10.5. The molecule has 11 nitrogen and oxygen atoms in total. The van der Waals surface area contributed by atoms with Crippen molar-refractivity contribution in [3.8, 4) is 5.75 Å². The zero-order valence-corrected chi connectivity index (χ0v) is 26.5. The van der Waals surface area contributed by atoms with E-state index in [0.29, 0.717) is 10.8 Å². The number of anilines is 1. The summed E-state index contributed by atoms with van der Waals surface area (Å²) in [7, 11) is -3.39. The van der Waals surface area contributed by atoms with Crippen molar-refractivity contribution in [2.75, 3.05) is 24.5 Å². The van der Waals surface area contributed by atoms with Crippen LogP contribution in [0.3, 0.4) is 0 Å². The quantitative estimate of drug-likeness (QED) is 0.201. The molecule has 14 heteroatoms. The van der Waals surface area contributed by atoms with Crippen molar-refractivity contribution in [1.82, 2.24) is 10.2 Å². The molecule has 3 aromatic rings. The Balaban J connectivity index is 2.16. The first-order valence-electron chi connectivity index (χ1n) is 13.6. The van der Waals surface area contributed by atoms with Crippen molar-refractivity contribution >= 4 is 44.8 Å². The summed E-state index contributed by atoms with van der Waals surface area (Å²) in [5.74, 6) is -1.85. The number of amides is 2. The summed E-state index contributed by atoms with van der Waals surface area (Å²) in [6, 6.07) is 12.1. The van der Waals surface area contributed by atoms with Gasteiger partial charge in [-0.3, -0.25) is 24.0 Å². The van der Waals surface area contributed by atoms with Gasteiger partial charge in [0.05, 0.1) is 22.6 Å². The van der Waals surface area contributed by atoms with Crippen LogP contribution in [-0.4, -0.2) is 56.3 Å². The lowest BCUT2D eigenvalue weighted by atomic mass is 10.1. The highest BCUT2D eigenvalue weighted by Crippen LogP contribution is 2.36. The molecule has 0 heterocycles. The van der Waals surface area contributed by atoms with Crippen LogP contribution in [0.25, 0.3) is 0 Å². The Morgan fingerprint density at radius 2 is 1.77 bits per heavy atom. The maximum absolute atomic E-state index is 14.7. The summed E-state index contributed by atoms with van der Waals surface area (Å²) in [4.78, 5) is 38.7. The molecule has 0 fully saturated rings. The molecule has 0 aromatic heterocycles. The standard InChI is InChI=1S/C30H34ClFN4O7S/c1-19(2)16-33-30(38)21(4)34(17-22-8-6-7-9-25(22)32)29(37)18-35(27-14-23(31)11-13-28(27)43-5)44(41,42)24-12-10-20(3)26(15-24)36(39)40/h6-15,19,21H,16-18H2,1-5H3,(H,33,38). The average Bonchev–Trinajstić information content (AvgIpc) is 2.97. The molecule has 44 heavy (non-hydrogen) atoms. The van der Waals surface area contributed by atoms with Gasteiger partial charge < -0.3 is 15.0 Å². The number of carbonyl (C=O) groups is 2. The molecule has 1 atom stereocenters. The van der Waals surface area contributed by atoms with E-state index in [1.165, 1.54) is 69.5 Å². The largest absolute Gasteiger partial charge is 0.495 e. The van der Waals surface area contributed by atoms with Gasteiger partial charge >= 0.3 is 0 Å².